The number of hydrogen-bond acceptors (Lipinski definition) is 0. The molecule has 0 aliphatic heterocycles. The van der Waals surface area contributed by atoms with Gasteiger partial charge in [-0.05, 0) is 22.8 Å². The quantitative estimate of drug-likeness (QED) is 0.640. The van der Waals surface area contributed by atoms with E-state index in [9.17, 15) is 0 Å². The molecule has 1 heteroatoms. The first-order valence-corrected chi connectivity index (χ1v) is 9.26. The number of allylic oxidation sites excluding steroid dienone is 1. The number of benzene rings is 3. The van der Waals surface area contributed by atoms with E-state index in [2.05, 4.69) is 103 Å². The molecular formula is C21H19P. The van der Waals surface area contributed by atoms with E-state index >= 15 is 0 Å². The van der Waals surface area contributed by atoms with Crippen LogP contribution in [0.2, 0.25) is 0 Å². The SMILES string of the molecule is C=CC=P(c1ccccc1)(c1ccccc1)c1ccccc1. The maximum Gasteiger partial charge on any atom is -0.0160 e. The van der Waals surface area contributed by atoms with Gasteiger partial charge in [-0.15, -0.1) is 0 Å². The van der Waals surface area contributed by atoms with Crippen molar-refractivity contribution in [1.29, 1.82) is 0 Å². The average Bonchev–Trinajstić information content (AvgIpc) is 2.62. The summed E-state index contributed by atoms with van der Waals surface area (Å²) in [4.78, 5) is 0. The van der Waals surface area contributed by atoms with Gasteiger partial charge in [0.1, 0.15) is 0 Å². The Kier molecular flexibility index (Phi) is 4.42. The van der Waals surface area contributed by atoms with Crippen molar-refractivity contribution >= 4 is 28.6 Å². The highest BCUT2D eigenvalue weighted by molar-refractivity contribution is 7.94. The lowest BCUT2D eigenvalue weighted by Gasteiger charge is -2.28. The number of hydrogen-bond donors (Lipinski definition) is 0. The fourth-order valence-electron chi connectivity index (χ4n) is 2.85. The molecule has 0 bridgehead atoms. The summed E-state index contributed by atoms with van der Waals surface area (Å²) in [6, 6.07) is 32.3. The van der Waals surface area contributed by atoms with Gasteiger partial charge in [-0.1, -0.05) is 109 Å². The molecule has 0 amide bonds. The maximum atomic E-state index is 3.99. The molecule has 0 nitrogen and oxygen atoms in total. The van der Waals surface area contributed by atoms with Gasteiger partial charge >= 0.3 is 0 Å². The van der Waals surface area contributed by atoms with Crippen LogP contribution >= 0.6 is 6.89 Å². The molecule has 22 heavy (non-hydrogen) atoms. The first-order chi connectivity index (χ1) is 10.9. The van der Waals surface area contributed by atoms with E-state index < -0.39 is 6.89 Å². The molecule has 0 saturated heterocycles. The van der Waals surface area contributed by atoms with Crippen LogP contribution in [-0.2, 0) is 0 Å². The summed E-state index contributed by atoms with van der Waals surface area (Å²) in [7, 11) is 0. The predicted molar refractivity (Wildman–Crippen MR) is 101 cm³/mol. The van der Waals surface area contributed by atoms with E-state index in [4.69, 9.17) is 0 Å². The minimum Gasteiger partial charge on any atom is -0.0990 e. The molecule has 0 heterocycles. The summed E-state index contributed by atoms with van der Waals surface area (Å²) in [6.07, 6.45) is 1.95. The third-order valence-electron chi connectivity index (χ3n) is 3.82. The van der Waals surface area contributed by atoms with Gasteiger partial charge in [-0.25, -0.2) is 0 Å². The van der Waals surface area contributed by atoms with Crippen LogP contribution in [0.5, 0.6) is 0 Å². The first kappa shape index (κ1) is 14.6. The van der Waals surface area contributed by atoms with E-state index in [0.717, 1.165) is 0 Å². The second-order valence-electron chi connectivity index (χ2n) is 5.11. The van der Waals surface area contributed by atoms with Crippen LogP contribution < -0.4 is 15.9 Å². The Bertz CT molecular complexity index is 684. The van der Waals surface area contributed by atoms with Crippen molar-refractivity contribution in [2.24, 2.45) is 0 Å². The van der Waals surface area contributed by atoms with E-state index in [1.165, 1.54) is 15.9 Å². The second kappa shape index (κ2) is 6.64. The fourth-order valence-corrected chi connectivity index (χ4v) is 6.51. The highest BCUT2D eigenvalue weighted by Gasteiger charge is 2.23. The lowest BCUT2D eigenvalue weighted by atomic mass is 10.4. The zero-order chi connectivity index (χ0) is 15.3. The topological polar surface area (TPSA) is 0 Å². The number of rotatable bonds is 4. The first-order valence-electron chi connectivity index (χ1n) is 7.40. The molecule has 0 aliphatic carbocycles. The summed E-state index contributed by atoms with van der Waals surface area (Å²) < 4.78 is 0. The molecule has 0 saturated carbocycles. The maximum absolute atomic E-state index is 3.99. The fraction of sp³-hybridized carbons (Fsp3) is 0. The molecule has 3 aromatic carbocycles. The van der Waals surface area contributed by atoms with Crippen molar-refractivity contribution in [2.45, 2.75) is 0 Å². The monoisotopic (exact) mass is 302 g/mol. The summed E-state index contributed by atoms with van der Waals surface area (Å²) in [6.45, 7) is 2.20. The summed E-state index contributed by atoms with van der Waals surface area (Å²) in [5, 5.41) is 4.06. The lowest BCUT2D eigenvalue weighted by molar-refractivity contribution is 1.73. The summed E-state index contributed by atoms with van der Waals surface area (Å²) >= 11 is 0. The molecule has 0 radical (unpaired) electrons. The van der Waals surface area contributed by atoms with Crippen LogP contribution in [0.25, 0.3) is 0 Å². The van der Waals surface area contributed by atoms with Crippen LogP contribution in [0.1, 0.15) is 0 Å². The van der Waals surface area contributed by atoms with Crippen LogP contribution in [0.15, 0.2) is 104 Å². The summed E-state index contributed by atoms with van der Waals surface area (Å²) in [5.41, 5.74) is 0. The van der Waals surface area contributed by atoms with Crippen molar-refractivity contribution in [3.63, 3.8) is 0 Å². The van der Waals surface area contributed by atoms with Crippen molar-refractivity contribution in [3.05, 3.63) is 104 Å². The van der Waals surface area contributed by atoms with Gasteiger partial charge in [-0.3, -0.25) is 0 Å². The van der Waals surface area contributed by atoms with E-state index in [-0.39, 0.29) is 0 Å². The third-order valence-corrected chi connectivity index (χ3v) is 7.82. The third kappa shape index (κ3) is 2.58. The van der Waals surface area contributed by atoms with Crippen LogP contribution in [0.4, 0.5) is 0 Å². The molecule has 3 aromatic rings. The Morgan fingerprint density at radius 3 is 1.14 bits per heavy atom. The Hall–Kier alpha value is -2.30. The molecule has 0 atom stereocenters. The molecule has 108 valence electrons. The smallest absolute Gasteiger partial charge is 0.0160 e. The van der Waals surface area contributed by atoms with E-state index in [1.807, 2.05) is 6.08 Å². The van der Waals surface area contributed by atoms with Crippen LogP contribution in [0, 0.1) is 0 Å². The normalized spacial score (nSPS) is 10.9. The highest BCUT2D eigenvalue weighted by atomic mass is 31.2. The van der Waals surface area contributed by atoms with E-state index in [1.54, 1.807) is 0 Å². The highest BCUT2D eigenvalue weighted by Crippen LogP contribution is 2.43. The van der Waals surface area contributed by atoms with Gasteiger partial charge in [-0.2, -0.15) is 0 Å². The second-order valence-corrected chi connectivity index (χ2v) is 8.41. The zero-order valence-corrected chi connectivity index (χ0v) is 13.4. The molecule has 3 rings (SSSR count). The summed E-state index contributed by atoms with van der Waals surface area (Å²) in [5.74, 6) is 2.30. The van der Waals surface area contributed by atoms with Crippen molar-refractivity contribution < 1.29 is 0 Å². The lowest BCUT2D eigenvalue weighted by Crippen LogP contribution is -2.26. The average molecular weight is 302 g/mol. The van der Waals surface area contributed by atoms with Gasteiger partial charge < -0.3 is 0 Å². The van der Waals surface area contributed by atoms with Crippen molar-refractivity contribution in [2.75, 3.05) is 0 Å². The standard InChI is InChI=1S/C21H19P/c1-2-18-22(19-12-6-3-7-13-19,20-14-8-4-9-15-20)21-16-10-5-11-17-21/h2-18H,1H2. The minimum absolute atomic E-state index is 1.35. The van der Waals surface area contributed by atoms with E-state index in [0.29, 0.717) is 0 Å². The molecule has 0 fully saturated rings. The zero-order valence-electron chi connectivity index (χ0n) is 12.5. The molecule has 0 aromatic heterocycles. The minimum atomic E-state index is -1.80. The van der Waals surface area contributed by atoms with Crippen LogP contribution in [0.3, 0.4) is 0 Å². The molecule has 0 spiro atoms. The van der Waals surface area contributed by atoms with Gasteiger partial charge in [0, 0.05) is 0 Å². The molecule has 0 aliphatic rings. The van der Waals surface area contributed by atoms with Gasteiger partial charge in [0.05, 0.1) is 0 Å². The van der Waals surface area contributed by atoms with Gasteiger partial charge in [0.2, 0.25) is 0 Å². The molecular weight excluding hydrogens is 283 g/mol. The van der Waals surface area contributed by atoms with Crippen molar-refractivity contribution in [1.82, 2.24) is 0 Å². The Morgan fingerprint density at radius 2 is 0.864 bits per heavy atom. The Morgan fingerprint density at radius 1 is 0.545 bits per heavy atom. The molecule has 0 N–H and O–H groups in total. The Labute approximate surface area is 132 Å². The molecule has 0 unspecified atom stereocenters. The van der Waals surface area contributed by atoms with Crippen LogP contribution in [-0.4, -0.2) is 5.80 Å². The Balaban J connectivity index is 2.40. The van der Waals surface area contributed by atoms with Gasteiger partial charge in [0.25, 0.3) is 0 Å². The van der Waals surface area contributed by atoms with Crippen molar-refractivity contribution in [3.8, 4) is 0 Å². The predicted octanol–water partition coefficient (Wildman–Crippen LogP) is 3.97. The largest absolute Gasteiger partial charge is 0.0990 e. The van der Waals surface area contributed by atoms with Gasteiger partial charge in [0.15, 0.2) is 0 Å².